The van der Waals surface area contributed by atoms with Crippen LogP contribution in [-0.4, -0.2) is 24.5 Å². The van der Waals surface area contributed by atoms with Crippen LogP contribution in [-0.2, 0) is 0 Å². The molecule has 4 heterocycles. The average molecular weight is 616 g/mol. The molecule has 0 spiro atoms. The minimum Gasteiger partial charge on any atom is -0.456 e. The molecule has 0 unspecified atom stereocenters. The van der Waals surface area contributed by atoms with E-state index in [1.807, 2.05) is 42.5 Å². The van der Waals surface area contributed by atoms with Gasteiger partial charge in [-0.05, 0) is 53.2 Å². The summed E-state index contributed by atoms with van der Waals surface area (Å²) in [5.41, 5.74) is 7.19. The van der Waals surface area contributed by atoms with Gasteiger partial charge in [-0.3, -0.25) is 4.98 Å². The number of rotatable bonds is 4. The first-order valence-electron chi connectivity index (χ1n) is 15.9. The van der Waals surface area contributed by atoms with Crippen LogP contribution >= 0.6 is 0 Å². The summed E-state index contributed by atoms with van der Waals surface area (Å²) in [6.07, 6.45) is 1.76. The van der Waals surface area contributed by atoms with Gasteiger partial charge in [-0.25, -0.2) is 15.0 Å². The highest BCUT2D eigenvalue weighted by Crippen LogP contribution is 2.38. The SMILES string of the molecule is c1ccc(-n2c3ccccc3c3ccccc32)c(-c2nc(-c3ccc4ccccc4c3)nc(-c3nccc4oc5ccccc5c34)n2)c1. The lowest BCUT2D eigenvalue weighted by atomic mass is 10.1. The summed E-state index contributed by atoms with van der Waals surface area (Å²) in [5, 5.41) is 6.51. The molecule has 0 N–H and O–H groups in total. The van der Waals surface area contributed by atoms with Crippen LogP contribution in [0.1, 0.15) is 0 Å². The van der Waals surface area contributed by atoms with Gasteiger partial charge in [-0.1, -0.05) is 103 Å². The molecule has 0 amide bonds. The standard InChI is InChI=1S/C42H25N5O/c1-2-12-27-25-28(22-21-26(27)11-1)40-44-41(46-42(45-40)39-38-32-16-6-10-20-36(32)48-37(38)23-24-43-39)31-15-5-9-19-35(31)47-33-17-7-3-13-29(33)30-14-4-8-18-34(30)47/h1-25H. The molecule has 0 radical (unpaired) electrons. The fourth-order valence-corrected chi connectivity index (χ4v) is 6.94. The van der Waals surface area contributed by atoms with Gasteiger partial charge < -0.3 is 8.98 Å². The first-order chi connectivity index (χ1) is 23.8. The van der Waals surface area contributed by atoms with Crippen LogP contribution in [0.25, 0.3) is 94.5 Å². The molecule has 0 saturated heterocycles. The second-order valence-electron chi connectivity index (χ2n) is 11.9. The van der Waals surface area contributed by atoms with Gasteiger partial charge in [0.1, 0.15) is 16.9 Å². The summed E-state index contributed by atoms with van der Waals surface area (Å²) in [4.78, 5) is 20.3. The van der Waals surface area contributed by atoms with Crippen LogP contribution in [0.5, 0.6) is 0 Å². The topological polar surface area (TPSA) is 69.6 Å². The minimum atomic E-state index is 0.484. The van der Waals surface area contributed by atoms with Gasteiger partial charge in [0, 0.05) is 33.5 Å². The zero-order valence-electron chi connectivity index (χ0n) is 25.6. The quantitative estimate of drug-likeness (QED) is 0.197. The van der Waals surface area contributed by atoms with Crippen molar-refractivity contribution in [3.63, 3.8) is 0 Å². The highest BCUT2D eigenvalue weighted by molar-refractivity contribution is 6.11. The average Bonchev–Trinajstić information content (AvgIpc) is 3.70. The van der Waals surface area contributed by atoms with Gasteiger partial charge in [-0.2, -0.15) is 0 Å². The molecule has 6 heteroatoms. The van der Waals surface area contributed by atoms with E-state index in [-0.39, 0.29) is 0 Å². The molecular formula is C42H25N5O. The summed E-state index contributed by atoms with van der Waals surface area (Å²) in [7, 11) is 0. The first kappa shape index (κ1) is 26.5. The number of para-hydroxylation sites is 4. The normalized spacial score (nSPS) is 11.8. The highest BCUT2D eigenvalue weighted by atomic mass is 16.3. The number of furan rings is 1. The molecule has 0 aliphatic heterocycles. The molecule has 10 rings (SSSR count). The van der Waals surface area contributed by atoms with E-state index in [0.29, 0.717) is 23.2 Å². The van der Waals surface area contributed by atoms with Crippen LogP contribution in [0.15, 0.2) is 156 Å². The maximum Gasteiger partial charge on any atom is 0.183 e. The molecule has 6 nitrogen and oxygen atoms in total. The third kappa shape index (κ3) is 4.06. The molecule has 0 aliphatic rings. The summed E-state index contributed by atoms with van der Waals surface area (Å²) in [6.45, 7) is 0. The Morgan fingerprint density at radius 1 is 0.479 bits per heavy atom. The Labute approximate surface area is 274 Å². The maximum atomic E-state index is 6.23. The summed E-state index contributed by atoms with van der Waals surface area (Å²) < 4.78 is 8.54. The smallest absolute Gasteiger partial charge is 0.183 e. The monoisotopic (exact) mass is 615 g/mol. The number of hydrogen-bond acceptors (Lipinski definition) is 5. The maximum absolute atomic E-state index is 6.23. The molecule has 224 valence electrons. The van der Waals surface area contributed by atoms with E-state index >= 15 is 0 Å². The van der Waals surface area contributed by atoms with Gasteiger partial charge in [0.15, 0.2) is 17.5 Å². The molecule has 4 aromatic heterocycles. The number of fused-ring (bicyclic) bond motifs is 7. The van der Waals surface area contributed by atoms with E-state index in [4.69, 9.17) is 24.4 Å². The number of aromatic nitrogens is 5. The van der Waals surface area contributed by atoms with Crippen LogP contribution < -0.4 is 0 Å². The van der Waals surface area contributed by atoms with Crippen LogP contribution in [0.4, 0.5) is 0 Å². The Morgan fingerprint density at radius 2 is 1.12 bits per heavy atom. The van der Waals surface area contributed by atoms with Crippen molar-refractivity contribution in [2.45, 2.75) is 0 Å². The Kier molecular flexibility index (Phi) is 5.77. The largest absolute Gasteiger partial charge is 0.456 e. The number of benzene rings is 6. The van der Waals surface area contributed by atoms with Gasteiger partial charge in [0.05, 0.1) is 22.1 Å². The van der Waals surface area contributed by atoms with Gasteiger partial charge in [0.25, 0.3) is 0 Å². The van der Waals surface area contributed by atoms with Crippen molar-refractivity contribution in [2.75, 3.05) is 0 Å². The van der Waals surface area contributed by atoms with Crippen molar-refractivity contribution in [2.24, 2.45) is 0 Å². The third-order valence-corrected chi connectivity index (χ3v) is 9.11. The minimum absolute atomic E-state index is 0.484. The van der Waals surface area contributed by atoms with Gasteiger partial charge >= 0.3 is 0 Å². The zero-order valence-corrected chi connectivity index (χ0v) is 25.6. The van der Waals surface area contributed by atoms with Crippen molar-refractivity contribution in [1.29, 1.82) is 0 Å². The van der Waals surface area contributed by atoms with Crippen molar-refractivity contribution >= 4 is 54.5 Å². The van der Waals surface area contributed by atoms with Crippen LogP contribution in [0.3, 0.4) is 0 Å². The zero-order chi connectivity index (χ0) is 31.6. The number of pyridine rings is 1. The molecule has 0 saturated carbocycles. The van der Waals surface area contributed by atoms with Gasteiger partial charge in [-0.15, -0.1) is 0 Å². The Balaban J connectivity index is 1.27. The summed E-state index contributed by atoms with van der Waals surface area (Å²) >= 11 is 0. The Bertz CT molecular complexity index is 2810. The third-order valence-electron chi connectivity index (χ3n) is 9.11. The lowest BCUT2D eigenvalue weighted by molar-refractivity contribution is 0.668. The predicted octanol–water partition coefficient (Wildman–Crippen LogP) is 10.4. The second kappa shape index (κ2) is 10.4. The lowest BCUT2D eigenvalue weighted by Gasteiger charge is -2.14. The number of nitrogens with zero attached hydrogens (tertiary/aromatic N) is 5. The number of hydrogen-bond donors (Lipinski definition) is 0. The highest BCUT2D eigenvalue weighted by Gasteiger charge is 2.21. The van der Waals surface area contributed by atoms with E-state index in [1.165, 1.54) is 10.8 Å². The molecule has 0 bridgehead atoms. The first-order valence-corrected chi connectivity index (χ1v) is 15.9. The van der Waals surface area contributed by atoms with E-state index in [1.54, 1.807) is 6.20 Å². The summed E-state index contributed by atoms with van der Waals surface area (Å²) in [6, 6.07) is 49.9. The van der Waals surface area contributed by atoms with E-state index in [9.17, 15) is 0 Å². The van der Waals surface area contributed by atoms with Crippen LogP contribution in [0, 0.1) is 0 Å². The van der Waals surface area contributed by atoms with Crippen molar-refractivity contribution in [3.05, 3.63) is 152 Å². The summed E-state index contributed by atoms with van der Waals surface area (Å²) in [5.74, 6) is 1.62. The van der Waals surface area contributed by atoms with E-state index < -0.39 is 0 Å². The Hall–Kier alpha value is -6.66. The lowest BCUT2D eigenvalue weighted by Crippen LogP contribution is -2.04. The van der Waals surface area contributed by atoms with Crippen molar-refractivity contribution in [1.82, 2.24) is 24.5 Å². The van der Waals surface area contributed by atoms with E-state index in [0.717, 1.165) is 60.6 Å². The Morgan fingerprint density at radius 3 is 1.96 bits per heavy atom. The molecular weight excluding hydrogens is 590 g/mol. The molecule has 48 heavy (non-hydrogen) atoms. The second-order valence-corrected chi connectivity index (χ2v) is 11.9. The van der Waals surface area contributed by atoms with Crippen molar-refractivity contribution in [3.8, 4) is 40.0 Å². The van der Waals surface area contributed by atoms with Crippen LogP contribution in [0.2, 0.25) is 0 Å². The molecule has 0 fully saturated rings. The van der Waals surface area contributed by atoms with Gasteiger partial charge in [0.2, 0.25) is 0 Å². The predicted molar refractivity (Wildman–Crippen MR) is 193 cm³/mol. The fourth-order valence-electron chi connectivity index (χ4n) is 6.94. The fraction of sp³-hybridized carbons (Fsp3) is 0. The molecule has 6 aromatic carbocycles. The molecule has 10 aromatic rings. The molecule has 0 aliphatic carbocycles. The van der Waals surface area contributed by atoms with E-state index in [2.05, 4.69) is 108 Å². The van der Waals surface area contributed by atoms with Crippen molar-refractivity contribution < 1.29 is 4.42 Å². The molecule has 0 atom stereocenters.